The zero-order valence-corrected chi connectivity index (χ0v) is 10.8. The Hall–Kier alpha value is -1.69. The molecule has 0 aliphatic carbocycles. The molecule has 2 amide bonds. The first-order chi connectivity index (χ1) is 8.54. The molecule has 1 aliphatic rings. The lowest BCUT2D eigenvalue weighted by Crippen LogP contribution is -2.38. The predicted molar refractivity (Wildman–Crippen MR) is 63.6 cm³/mol. The van der Waals surface area contributed by atoms with Crippen LogP contribution in [0.15, 0.2) is 4.52 Å². The molecule has 1 unspecified atom stereocenters. The number of likely N-dealkylation sites (tertiary alicyclic amines) is 1. The van der Waals surface area contributed by atoms with E-state index in [-0.39, 0.29) is 18.2 Å². The van der Waals surface area contributed by atoms with Crippen LogP contribution in [-0.4, -0.2) is 34.5 Å². The van der Waals surface area contributed by atoms with E-state index in [2.05, 4.69) is 10.5 Å². The average Bonchev–Trinajstić information content (AvgIpc) is 2.78. The number of likely N-dealkylation sites (N-methyl/N-ethyl adjacent to an activating group) is 1. The second-order valence-corrected chi connectivity index (χ2v) is 4.42. The number of aromatic nitrogens is 1. The van der Waals surface area contributed by atoms with Crippen LogP contribution in [0.5, 0.6) is 0 Å². The first-order valence-corrected chi connectivity index (χ1v) is 6.04. The van der Waals surface area contributed by atoms with Crippen molar-refractivity contribution in [1.29, 1.82) is 0 Å². The molecule has 2 rings (SSSR count). The van der Waals surface area contributed by atoms with E-state index in [9.17, 15) is 9.59 Å². The lowest BCUT2D eigenvalue weighted by Gasteiger charge is -2.12. The van der Waals surface area contributed by atoms with Gasteiger partial charge in [0.25, 0.3) is 0 Å². The Labute approximate surface area is 105 Å². The van der Waals surface area contributed by atoms with Crippen LogP contribution in [0.1, 0.15) is 30.4 Å². The molecule has 2 heterocycles. The number of rotatable bonds is 4. The third-order valence-corrected chi connectivity index (χ3v) is 3.27. The molecule has 0 saturated carbocycles. The molecule has 1 saturated heterocycles. The van der Waals surface area contributed by atoms with E-state index in [0.717, 1.165) is 17.0 Å². The summed E-state index contributed by atoms with van der Waals surface area (Å²) in [6.07, 6.45) is 0.232. The fraction of sp³-hybridized carbons (Fsp3) is 0.583. The minimum absolute atomic E-state index is 0.112. The first-order valence-electron chi connectivity index (χ1n) is 6.04. The highest BCUT2D eigenvalue weighted by Gasteiger charge is 2.37. The quantitative estimate of drug-likeness (QED) is 0.790. The molecular formula is C12H17N3O3. The predicted octanol–water partition coefficient (Wildman–Crippen LogP) is 0.528. The van der Waals surface area contributed by atoms with Gasteiger partial charge < -0.3 is 9.84 Å². The van der Waals surface area contributed by atoms with Gasteiger partial charge in [-0.05, 0) is 20.8 Å². The molecule has 0 spiro atoms. The van der Waals surface area contributed by atoms with Crippen molar-refractivity contribution in [3.8, 4) is 0 Å². The van der Waals surface area contributed by atoms with Gasteiger partial charge in [0.2, 0.25) is 11.8 Å². The topological polar surface area (TPSA) is 75.4 Å². The molecular weight excluding hydrogens is 234 g/mol. The van der Waals surface area contributed by atoms with Crippen LogP contribution in [0.3, 0.4) is 0 Å². The Bertz CT molecular complexity index is 461. The standard InChI is InChI=1S/C12H17N3O3/c1-4-15-11(16)5-10(12(15)17)13-6-9-7(2)14-18-8(9)3/h10,13H,4-6H2,1-3H3. The molecule has 1 fully saturated rings. The number of imide groups is 1. The summed E-state index contributed by atoms with van der Waals surface area (Å²) in [6.45, 7) is 6.40. The van der Waals surface area contributed by atoms with Crippen LogP contribution < -0.4 is 5.32 Å². The second-order valence-electron chi connectivity index (χ2n) is 4.42. The second kappa shape index (κ2) is 4.89. The monoisotopic (exact) mass is 251 g/mol. The Morgan fingerprint density at radius 1 is 1.44 bits per heavy atom. The van der Waals surface area contributed by atoms with E-state index < -0.39 is 6.04 Å². The number of carbonyl (C=O) groups is 2. The maximum absolute atomic E-state index is 11.9. The lowest BCUT2D eigenvalue weighted by atomic mass is 10.2. The van der Waals surface area contributed by atoms with Crippen molar-refractivity contribution in [3.05, 3.63) is 17.0 Å². The molecule has 1 aliphatic heterocycles. The number of hydrogen-bond acceptors (Lipinski definition) is 5. The summed E-state index contributed by atoms with van der Waals surface area (Å²) in [6, 6.07) is -0.425. The molecule has 0 aromatic carbocycles. The van der Waals surface area contributed by atoms with Gasteiger partial charge in [0, 0.05) is 18.7 Å². The van der Waals surface area contributed by atoms with E-state index in [1.807, 2.05) is 13.8 Å². The van der Waals surface area contributed by atoms with Crippen LogP contribution in [0, 0.1) is 13.8 Å². The van der Waals surface area contributed by atoms with Gasteiger partial charge in [-0.15, -0.1) is 0 Å². The van der Waals surface area contributed by atoms with Gasteiger partial charge in [-0.3, -0.25) is 14.5 Å². The summed E-state index contributed by atoms with van der Waals surface area (Å²) < 4.78 is 5.05. The molecule has 98 valence electrons. The Morgan fingerprint density at radius 2 is 2.17 bits per heavy atom. The van der Waals surface area contributed by atoms with Gasteiger partial charge in [0.05, 0.1) is 18.2 Å². The van der Waals surface area contributed by atoms with Gasteiger partial charge in [0.1, 0.15) is 5.76 Å². The Balaban J connectivity index is 2.00. The minimum atomic E-state index is -0.425. The van der Waals surface area contributed by atoms with E-state index in [4.69, 9.17) is 4.52 Å². The normalized spacial score (nSPS) is 19.9. The number of nitrogens with one attached hydrogen (secondary N) is 1. The van der Waals surface area contributed by atoms with Gasteiger partial charge >= 0.3 is 0 Å². The maximum atomic E-state index is 11.9. The van der Waals surface area contributed by atoms with Crippen LogP contribution in [0.2, 0.25) is 0 Å². The summed E-state index contributed by atoms with van der Waals surface area (Å²) in [4.78, 5) is 24.7. The molecule has 0 radical (unpaired) electrons. The van der Waals surface area contributed by atoms with Gasteiger partial charge in [-0.2, -0.15) is 0 Å². The summed E-state index contributed by atoms with van der Waals surface area (Å²) in [7, 11) is 0. The van der Waals surface area contributed by atoms with E-state index in [0.29, 0.717) is 13.1 Å². The zero-order valence-electron chi connectivity index (χ0n) is 10.8. The third kappa shape index (κ3) is 2.15. The fourth-order valence-corrected chi connectivity index (χ4v) is 2.15. The summed E-state index contributed by atoms with van der Waals surface area (Å²) >= 11 is 0. The van der Waals surface area contributed by atoms with Crippen LogP contribution in [0.4, 0.5) is 0 Å². The average molecular weight is 251 g/mol. The van der Waals surface area contributed by atoms with Crippen molar-refractivity contribution in [2.75, 3.05) is 6.54 Å². The molecule has 1 N–H and O–H groups in total. The van der Waals surface area contributed by atoms with Crippen LogP contribution >= 0.6 is 0 Å². The van der Waals surface area contributed by atoms with E-state index >= 15 is 0 Å². The molecule has 6 nitrogen and oxygen atoms in total. The van der Waals surface area contributed by atoms with Crippen molar-refractivity contribution >= 4 is 11.8 Å². The Morgan fingerprint density at radius 3 is 2.67 bits per heavy atom. The maximum Gasteiger partial charge on any atom is 0.246 e. The fourth-order valence-electron chi connectivity index (χ4n) is 2.15. The van der Waals surface area contributed by atoms with Crippen molar-refractivity contribution in [2.24, 2.45) is 0 Å². The molecule has 18 heavy (non-hydrogen) atoms. The number of nitrogens with zero attached hydrogens (tertiary/aromatic N) is 2. The number of carbonyl (C=O) groups excluding carboxylic acids is 2. The zero-order chi connectivity index (χ0) is 13.3. The number of amides is 2. The highest BCUT2D eigenvalue weighted by Crippen LogP contribution is 2.16. The third-order valence-electron chi connectivity index (χ3n) is 3.27. The first kappa shape index (κ1) is 12.8. The summed E-state index contributed by atoms with van der Waals surface area (Å²) in [5.74, 6) is 0.483. The molecule has 0 bridgehead atoms. The summed E-state index contributed by atoms with van der Waals surface area (Å²) in [5, 5.41) is 6.95. The van der Waals surface area contributed by atoms with Gasteiger partial charge in [-0.1, -0.05) is 5.16 Å². The van der Waals surface area contributed by atoms with Gasteiger partial charge in [-0.25, -0.2) is 0 Å². The van der Waals surface area contributed by atoms with Crippen molar-refractivity contribution in [2.45, 2.75) is 39.8 Å². The largest absolute Gasteiger partial charge is 0.361 e. The van der Waals surface area contributed by atoms with Crippen LogP contribution in [0.25, 0.3) is 0 Å². The van der Waals surface area contributed by atoms with Crippen molar-refractivity contribution < 1.29 is 14.1 Å². The van der Waals surface area contributed by atoms with Crippen molar-refractivity contribution in [1.82, 2.24) is 15.4 Å². The SMILES string of the molecule is CCN1C(=O)CC(NCc2c(C)noc2C)C1=O. The van der Waals surface area contributed by atoms with E-state index in [1.165, 1.54) is 4.90 Å². The summed E-state index contributed by atoms with van der Waals surface area (Å²) in [5.41, 5.74) is 1.76. The lowest BCUT2D eigenvalue weighted by molar-refractivity contribution is -0.138. The number of aryl methyl sites for hydroxylation is 2. The molecule has 1 aromatic rings. The van der Waals surface area contributed by atoms with E-state index in [1.54, 1.807) is 6.92 Å². The van der Waals surface area contributed by atoms with Crippen LogP contribution in [-0.2, 0) is 16.1 Å². The highest BCUT2D eigenvalue weighted by molar-refractivity contribution is 6.05. The minimum Gasteiger partial charge on any atom is -0.361 e. The molecule has 1 aromatic heterocycles. The number of hydrogen-bond donors (Lipinski definition) is 1. The van der Waals surface area contributed by atoms with Gasteiger partial charge in [0.15, 0.2) is 0 Å². The Kier molecular flexibility index (Phi) is 3.47. The molecule has 6 heteroatoms. The molecule has 1 atom stereocenters. The van der Waals surface area contributed by atoms with Crippen molar-refractivity contribution in [3.63, 3.8) is 0 Å². The smallest absolute Gasteiger partial charge is 0.246 e. The highest BCUT2D eigenvalue weighted by atomic mass is 16.5.